The molecule has 1 aromatic rings. The van der Waals surface area contributed by atoms with Crippen LogP contribution in [0, 0.1) is 5.82 Å². The summed E-state index contributed by atoms with van der Waals surface area (Å²) in [7, 11) is 2.06. The average Bonchev–Trinajstić information content (AvgIpc) is 2.74. The van der Waals surface area contributed by atoms with Gasteiger partial charge in [-0.15, -0.1) is 0 Å². The molecule has 0 saturated carbocycles. The summed E-state index contributed by atoms with van der Waals surface area (Å²) in [4.78, 5) is 14.0. The van der Waals surface area contributed by atoms with E-state index < -0.39 is 0 Å². The molecule has 0 bridgehead atoms. The number of hydrogen-bond acceptors (Lipinski definition) is 2. The van der Waals surface area contributed by atoms with Crippen LogP contribution in [0.5, 0.6) is 0 Å². The quantitative estimate of drug-likeness (QED) is 0.885. The Hall–Kier alpha value is -1.42. The number of rotatable bonds is 4. The molecule has 1 fully saturated rings. The summed E-state index contributed by atoms with van der Waals surface area (Å²) in [6.45, 7) is 1.55. The second kappa shape index (κ2) is 5.96. The average molecular weight is 250 g/mol. The molecular weight excluding hydrogens is 231 g/mol. The SMILES string of the molecule is CN1CCCC1CC(=O)NCc1ccc(F)cc1. The van der Waals surface area contributed by atoms with Crippen molar-refractivity contribution in [2.75, 3.05) is 13.6 Å². The van der Waals surface area contributed by atoms with Gasteiger partial charge in [0.05, 0.1) is 0 Å². The molecule has 2 rings (SSSR count). The second-order valence-corrected chi connectivity index (χ2v) is 4.88. The van der Waals surface area contributed by atoms with Crippen molar-refractivity contribution in [3.05, 3.63) is 35.6 Å². The number of nitrogens with zero attached hydrogens (tertiary/aromatic N) is 1. The number of hydrogen-bond donors (Lipinski definition) is 1. The monoisotopic (exact) mass is 250 g/mol. The first-order valence-corrected chi connectivity index (χ1v) is 6.36. The van der Waals surface area contributed by atoms with Crippen LogP contribution in [0.15, 0.2) is 24.3 Å². The van der Waals surface area contributed by atoms with Crippen LogP contribution in [0.4, 0.5) is 4.39 Å². The van der Waals surface area contributed by atoms with Gasteiger partial charge in [0.2, 0.25) is 5.91 Å². The van der Waals surface area contributed by atoms with Crippen LogP contribution >= 0.6 is 0 Å². The summed E-state index contributed by atoms with van der Waals surface area (Å²) < 4.78 is 12.7. The minimum Gasteiger partial charge on any atom is -0.352 e. The highest BCUT2D eigenvalue weighted by molar-refractivity contribution is 5.76. The lowest BCUT2D eigenvalue weighted by molar-refractivity contribution is -0.122. The minimum absolute atomic E-state index is 0.0677. The van der Waals surface area contributed by atoms with E-state index in [-0.39, 0.29) is 11.7 Å². The molecule has 3 nitrogen and oxygen atoms in total. The molecule has 1 amide bonds. The molecule has 1 unspecified atom stereocenters. The van der Waals surface area contributed by atoms with E-state index in [9.17, 15) is 9.18 Å². The van der Waals surface area contributed by atoms with Gasteiger partial charge in [0, 0.05) is 19.0 Å². The highest BCUT2D eigenvalue weighted by Crippen LogP contribution is 2.17. The summed E-state index contributed by atoms with van der Waals surface area (Å²) in [5.74, 6) is -0.185. The van der Waals surface area contributed by atoms with E-state index in [1.54, 1.807) is 12.1 Å². The zero-order valence-corrected chi connectivity index (χ0v) is 10.7. The predicted molar refractivity (Wildman–Crippen MR) is 68.5 cm³/mol. The number of likely N-dealkylation sites (tertiary alicyclic amines) is 1. The van der Waals surface area contributed by atoms with Crippen molar-refractivity contribution in [1.29, 1.82) is 0 Å². The van der Waals surface area contributed by atoms with Gasteiger partial charge in [-0.25, -0.2) is 4.39 Å². The standard InChI is InChI=1S/C14H19FN2O/c1-17-8-2-3-13(17)9-14(18)16-10-11-4-6-12(15)7-5-11/h4-7,13H,2-3,8-10H2,1H3,(H,16,18). The van der Waals surface area contributed by atoms with E-state index >= 15 is 0 Å². The van der Waals surface area contributed by atoms with Gasteiger partial charge in [-0.2, -0.15) is 0 Å². The van der Waals surface area contributed by atoms with Crippen LogP contribution in [0.1, 0.15) is 24.8 Å². The van der Waals surface area contributed by atoms with Crippen LogP contribution in [0.3, 0.4) is 0 Å². The van der Waals surface area contributed by atoms with Gasteiger partial charge in [0.15, 0.2) is 0 Å². The maximum Gasteiger partial charge on any atom is 0.221 e. The van der Waals surface area contributed by atoms with E-state index in [4.69, 9.17) is 0 Å². The van der Waals surface area contributed by atoms with E-state index in [1.807, 2.05) is 0 Å². The number of benzene rings is 1. The predicted octanol–water partition coefficient (Wildman–Crippen LogP) is 1.93. The molecule has 1 N–H and O–H groups in total. The molecule has 98 valence electrons. The zero-order valence-electron chi connectivity index (χ0n) is 10.7. The Balaban J connectivity index is 1.76. The molecule has 1 aliphatic heterocycles. The van der Waals surface area contributed by atoms with E-state index in [2.05, 4.69) is 17.3 Å². The Bertz CT molecular complexity index is 405. The lowest BCUT2D eigenvalue weighted by atomic mass is 10.1. The zero-order chi connectivity index (χ0) is 13.0. The topological polar surface area (TPSA) is 32.3 Å². The third kappa shape index (κ3) is 3.53. The highest BCUT2D eigenvalue weighted by atomic mass is 19.1. The van der Waals surface area contributed by atoms with Crippen molar-refractivity contribution in [1.82, 2.24) is 10.2 Å². The molecule has 1 aliphatic rings. The Morgan fingerprint density at radius 2 is 2.17 bits per heavy atom. The molecule has 1 saturated heterocycles. The fraction of sp³-hybridized carbons (Fsp3) is 0.500. The van der Waals surface area contributed by atoms with Crippen LogP contribution in [-0.2, 0) is 11.3 Å². The largest absolute Gasteiger partial charge is 0.352 e. The Kier molecular flexibility index (Phi) is 4.31. The molecule has 18 heavy (non-hydrogen) atoms. The maximum atomic E-state index is 12.7. The summed E-state index contributed by atoms with van der Waals surface area (Å²) in [5.41, 5.74) is 0.921. The Morgan fingerprint density at radius 1 is 1.44 bits per heavy atom. The van der Waals surface area contributed by atoms with Gasteiger partial charge in [-0.1, -0.05) is 12.1 Å². The Morgan fingerprint density at radius 3 is 2.78 bits per heavy atom. The van der Waals surface area contributed by atoms with E-state index in [0.29, 0.717) is 19.0 Å². The molecule has 0 spiro atoms. The third-order valence-corrected chi connectivity index (χ3v) is 3.50. The van der Waals surface area contributed by atoms with Crippen molar-refractivity contribution in [3.8, 4) is 0 Å². The minimum atomic E-state index is -0.252. The normalized spacial score (nSPS) is 20.0. The molecule has 4 heteroatoms. The van der Waals surface area contributed by atoms with Crippen LogP contribution in [0.25, 0.3) is 0 Å². The van der Waals surface area contributed by atoms with Gasteiger partial charge >= 0.3 is 0 Å². The first-order valence-electron chi connectivity index (χ1n) is 6.36. The Labute approximate surface area is 107 Å². The number of halogens is 1. The van der Waals surface area contributed by atoms with Crippen molar-refractivity contribution >= 4 is 5.91 Å². The third-order valence-electron chi connectivity index (χ3n) is 3.50. The molecule has 0 radical (unpaired) electrons. The first kappa shape index (κ1) is 13.0. The summed E-state index contributed by atoms with van der Waals surface area (Å²) in [6, 6.07) is 6.57. The summed E-state index contributed by atoms with van der Waals surface area (Å²) >= 11 is 0. The van der Waals surface area contributed by atoms with Gasteiger partial charge in [0.25, 0.3) is 0 Å². The number of carbonyl (C=O) groups is 1. The molecule has 1 atom stereocenters. The number of nitrogens with one attached hydrogen (secondary N) is 1. The molecule has 1 heterocycles. The van der Waals surface area contributed by atoms with Gasteiger partial charge < -0.3 is 10.2 Å². The van der Waals surface area contributed by atoms with Crippen molar-refractivity contribution in [2.24, 2.45) is 0 Å². The summed E-state index contributed by atoms with van der Waals surface area (Å²) in [5, 5.41) is 2.88. The molecule has 0 aromatic heterocycles. The van der Waals surface area contributed by atoms with E-state index in [0.717, 1.165) is 18.5 Å². The van der Waals surface area contributed by atoms with Crippen molar-refractivity contribution in [2.45, 2.75) is 31.8 Å². The first-order chi connectivity index (χ1) is 8.65. The molecule has 1 aromatic carbocycles. The smallest absolute Gasteiger partial charge is 0.221 e. The maximum absolute atomic E-state index is 12.7. The van der Waals surface area contributed by atoms with Crippen LogP contribution in [0.2, 0.25) is 0 Å². The van der Waals surface area contributed by atoms with Crippen molar-refractivity contribution < 1.29 is 9.18 Å². The lowest BCUT2D eigenvalue weighted by Gasteiger charge is -2.18. The fourth-order valence-electron chi connectivity index (χ4n) is 2.33. The molecule has 0 aliphatic carbocycles. The highest BCUT2D eigenvalue weighted by Gasteiger charge is 2.23. The second-order valence-electron chi connectivity index (χ2n) is 4.88. The van der Waals surface area contributed by atoms with Gasteiger partial charge in [0.1, 0.15) is 5.82 Å². The number of amides is 1. The fourth-order valence-corrected chi connectivity index (χ4v) is 2.33. The lowest BCUT2D eigenvalue weighted by Crippen LogP contribution is -2.32. The van der Waals surface area contributed by atoms with Crippen LogP contribution < -0.4 is 5.32 Å². The molecular formula is C14H19FN2O. The van der Waals surface area contributed by atoms with Gasteiger partial charge in [-0.05, 0) is 44.1 Å². The van der Waals surface area contributed by atoms with Crippen molar-refractivity contribution in [3.63, 3.8) is 0 Å². The van der Waals surface area contributed by atoms with Crippen LogP contribution in [-0.4, -0.2) is 30.4 Å². The number of carbonyl (C=O) groups excluding carboxylic acids is 1. The van der Waals surface area contributed by atoms with Gasteiger partial charge in [-0.3, -0.25) is 4.79 Å². The summed E-state index contributed by atoms with van der Waals surface area (Å²) in [6.07, 6.45) is 2.82. The van der Waals surface area contributed by atoms with E-state index in [1.165, 1.54) is 18.6 Å².